The van der Waals surface area contributed by atoms with Gasteiger partial charge in [0.05, 0.1) is 27.8 Å². The first-order valence-electron chi connectivity index (χ1n) is 7.54. The molecule has 0 radical (unpaired) electrons. The SMILES string of the molecule is Cc1nc2ccc(C(=O)N(C)[C@H](C)c3nc(C)sc3C)cc2[nH]1. The van der Waals surface area contributed by atoms with Crippen LogP contribution in [0.4, 0.5) is 0 Å². The van der Waals surface area contributed by atoms with Crippen LogP contribution in [0.3, 0.4) is 0 Å². The second-order valence-corrected chi connectivity index (χ2v) is 7.23. The van der Waals surface area contributed by atoms with Crippen LogP contribution in [0, 0.1) is 20.8 Å². The number of aromatic nitrogens is 3. The normalized spacial score (nSPS) is 12.6. The predicted molar refractivity (Wildman–Crippen MR) is 92.9 cm³/mol. The Morgan fingerprint density at radius 2 is 2.00 bits per heavy atom. The first-order chi connectivity index (χ1) is 10.9. The van der Waals surface area contributed by atoms with E-state index in [0.717, 1.165) is 32.4 Å². The Balaban J connectivity index is 1.89. The van der Waals surface area contributed by atoms with Gasteiger partial charge in [0.15, 0.2) is 0 Å². The molecule has 2 heterocycles. The summed E-state index contributed by atoms with van der Waals surface area (Å²) in [5.74, 6) is 0.830. The van der Waals surface area contributed by atoms with Gasteiger partial charge in [-0.3, -0.25) is 4.79 Å². The van der Waals surface area contributed by atoms with Gasteiger partial charge in [0.2, 0.25) is 0 Å². The molecular weight excluding hydrogens is 308 g/mol. The molecule has 0 aliphatic heterocycles. The maximum atomic E-state index is 12.8. The Bertz CT molecular complexity index is 880. The summed E-state index contributed by atoms with van der Waals surface area (Å²) in [6.45, 7) is 7.96. The molecule has 3 rings (SSSR count). The highest BCUT2D eigenvalue weighted by atomic mass is 32.1. The van der Waals surface area contributed by atoms with Gasteiger partial charge in [-0.15, -0.1) is 11.3 Å². The van der Waals surface area contributed by atoms with Crippen LogP contribution < -0.4 is 0 Å². The highest BCUT2D eigenvalue weighted by molar-refractivity contribution is 7.11. The molecule has 0 fully saturated rings. The van der Waals surface area contributed by atoms with Crippen molar-refractivity contribution in [3.63, 3.8) is 0 Å². The standard InChI is InChI=1S/C17H20N4OS/c1-9(16-10(2)23-12(4)20-16)21(5)17(22)13-6-7-14-15(8-13)19-11(3)18-14/h6-9H,1-5H3,(H,18,19)/t9-/m1/s1. The monoisotopic (exact) mass is 328 g/mol. The summed E-state index contributed by atoms with van der Waals surface area (Å²) in [7, 11) is 1.82. The minimum Gasteiger partial charge on any atom is -0.342 e. The number of amides is 1. The number of nitrogens with one attached hydrogen (secondary N) is 1. The molecule has 0 aliphatic rings. The molecule has 1 N–H and O–H groups in total. The van der Waals surface area contributed by atoms with Crippen LogP contribution in [-0.4, -0.2) is 32.8 Å². The average molecular weight is 328 g/mol. The van der Waals surface area contributed by atoms with Crippen molar-refractivity contribution in [1.82, 2.24) is 19.9 Å². The van der Waals surface area contributed by atoms with E-state index in [1.807, 2.05) is 52.9 Å². The molecule has 0 bridgehead atoms. The zero-order valence-corrected chi connectivity index (χ0v) is 14.8. The molecule has 0 saturated heterocycles. The topological polar surface area (TPSA) is 61.9 Å². The molecule has 23 heavy (non-hydrogen) atoms. The van der Waals surface area contributed by atoms with Crippen molar-refractivity contribution in [3.05, 3.63) is 45.2 Å². The van der Waals surface area contributed by atoms with Gasteiger partial charge >= 0.3 is 0 Å². The summed E-state index contributed by atoms with van der Waals surface area (Å²) < 4.78 is 0. The van der Waals surface area contributed by atoms with Crippen molar-refractivity contribution < 1.29 is 4.79 Å². The van der Waals surface area contributed by atoms with Gasteiger partial charge in [-0.2, -0.15) is 0 Å². The summed E-state index contributed by atoms with van der Waals surface area (Å²) in [5.41, 5.74) is 3.39. The number of aryl methyl sites for hydroxylation is 3. The highest BCUT2D eigenvalue weighted by Gasteiger charge is 2.23. The molecule has 1 amide bonds. The lowest BCUT2D eigenvalue weighted by molar-refractivity contribution is 0.0740. The minimum atomic E-state index is -0.0633. The van der Waals surface area contributed by atoms with E-state index in [0.29, 0.717) is 5.56 Å². The summed E-state index contributed by atoms with van der Waals surface area (Å²) >= 11 is 1.66. The summed E-state index contributed by atoms with van der Waals surface area (Å²) in [5, 5.41) is 1.03. The third-order valence-corrected chi connectivity index (χ3v) is 4.99. The number of H-pyrrole nitrogens is 1. The number of hydrogen-bond donors (Lipinski definition) is 1. The van der Waals surface area contributed by atoms with Crippen LogP contribution in [0.2, 0.25) is 0 Å². The van der Waals surface area contributed by atoms with Crippen LogP contribution in [0.25, 0.3) is 11.0 Å². The number of nitrogens with zero attached hydrogens (tertiary/aromatic N) is 3. The van der Waals surface area contributed by atoms with Crippen LogP contribution in [0.15, 0.2) is 18.2 Å². The smallest absolute Gasteiger partial charge is 0.254 e. The van der Waals surface area contributed by atoms with Gasteiger partial charge in [0.25, 0.3) is 5.91 Å². The molecule has 5 nitrogen and oxygen atoms in total. The number of hydrogen-bond acceptors (Lipinski definition) is 4. The minimum absolute atomic E-state index is 0.0169. The Hall–Kier alpha value is -2.21. The first kappa shape index (κ1) is 15.7. The first-order valence-corrected chi connectivity index (χ1v) is 8.36. The van der Waals surface area contributed by atoms with Gasteiger partial charge in [-0.05, 0) is 45.9 Å². The number of thiazole rings is 1. The van der Waals surface area contributed by atoms with E-state index < -0.39 is 0 Å². The second-order valence-electron chi connectivity index (χ2n) is 5.82. The third-order valence-electron chi connectivity index (χ3n) is 4.08. The number of imidazole rings is 1. The van der Waals surface area contributed by atoms with Crippen molar-refractivity contribution >= 4 is 28.3 Å². The van der Waals surface area contributed by atoms with E-state index in [1.54, 1.807) is 16.2 Å². The number of aromatic amines is 1. The number of rotatable bonds is 3. The average Bonchev–Trinajstić information content (AvgIpc) is 3.04. The van der Waals surface area contributed by atoms with Crippen LogP contribution in [0.1, 0.15) is 44.7 Å². The Kier molecular flexibility index (Phi) is 3.93. The second kappa shape index (κ2) is 5.77. The molecule has 6 heteroatoms. The molecule has 120 valence electrons. The maximum Gasteiger partial charge on any atom is 0.254 e. The van der Waals surface area contributed by atoms with Crippen molar-refractivity contribution in [2.24, 2.45) is 0 Å². The number of benzene rings is 1. The lowest BCUT2D eigenvalue weighted by Crippen LogP contribution is -2.30. The lowest BCUT2D eigenvalue weighted by atomic mass is 10.1. The Morgan fingerprint density at radius 3 is 2.65 bits per heavy atom. The lowest BCUT2D eigenvalue weighted by Gasteiger charge is -2.24. The van der Waals surface area contributed by atoms with Gasteiger partial charge in [-0.1, -0.05) is 0 Å². The number of carbonyl (C=O) groups excluding carboxylic acids is 1. The molecule has 2 aromatic heterocycles. The molecule has 0 aliphatic carbocycles. The summed E-state index contributed by atoms with van der Waals surface area (Å²) in [6.07, 6.45) is 0. The third kappa shape index (κ3) is 2.86. The summed E-state index contributed by atoms with van der Waals surface area (Å²) in [4.78, 5) is 27.8. The number of carbonyl (C=O) groups is 1. The van der Waals surface area contributed by atoms with Crippen LogP contribution in [-0.2, 0) is 0 Å². The fourth-order valence-electron chi connectivity index (χ4n) is 2.77. The predicted octanol–water partition coefficient (Wildman–Crippen LogP) is 3.78. The molecule has 0 saturated carbocycles. The molecule has 3 aromatic rings. The molecule has 1 aromatic carbocycles. The van der Waals surface area contributed by atoms with Gasteiger partial charge in [-0.25, -0.2) is 9.97 Å². The fraction of sp³-hybridized carbons (Fsp3) is 0.353. The molecular formula is C17H20N4OS. The van der Waals surface area contributed by atoms with Crippen LogP contribution >= 0.6 is 11.3 Å². The molecule has 1 atom stereocenters. The largest absolute Gasteiger partial charge is 0.342 e. The van der Waals surface area contributed by atoms with Gasteiger partial charge < -0.3 is 9.88 Å². The van der Waals surface area contributed by atoms with Crippen molar-refractivity contribution in [2.45, 2.75) is 33.7 Å². The quantitative estimate of drug-likeness (QED) is 0.796. The summed E-state index contributed by atoms with van der Waals surface area (Å²) in [6, 6.07) is 5.50. The molecule has 0 spiro atoms. The Labute approximate surface area is 139 Å². The van der Waals surface area contributed by atoms with Gasteiger partial charge in [0.1, 0.15) is 5.82 Å². The van der Waals surface area contributed by atoms with E-state index >= 15 is 0 Å². The van der Waals surface area contributed by atoms with Crippen molar-refractivity contribution in [1.29, 1.82) is 0 Å². The Morgan fingerprint density at radius 1 is 1.26 bits per heavy atom. The highest BCUT2D eigenvalue weighted by Crippen LogP contribution is 2.27. The van der Waals surface area contributed by atoms with Crippen molar-refractivity contribution in [3.8, 4) is 0 Å². The van der Waals surface area contributed by atoms with Crippen LogP contribution in [0.5, 0.6) is 0 Å². The van der Waals surface area contributed by atoms with Gasteiger partial charge in [0, 0.05) is 17.5 Å². The van der Waals surface area contributed by atoms with E-state index in [1.165, 1.54) is 0 Å². The van der Waals surface area contributed by atoms with E-state index in [-0.39, 0.29) is 11.9 Å². The van der Waals surface area contributed by atoms with E-state index in [4.69, 9.17) is 0 Å². The number of fused-ring (bicyclic) bond motifs is 1. The zero-order chi connectivity index (χ0) is 16.7. The van der Waals surface area contributed by atoms with Crippen molar-refractivity contribution in [2.75, 3.05) is 7.05 Å². The maximum absolute atomic E-state index is 12.8. The van der Waals surface area contributed by atoms with E-state index in [9.17, 15) is 4.79 Å². The zero-order valence-electron chi connectivity index (χ0n) is 14.0. The molecule has 0 unspecified atom stereocenters. The fourth-order valence-corrected chi connectivity index (χ4v) is 3.67. The van der Waals surface area contributed by atoms with E-state index in [2.05, 4.69) is 15.0 Å².